The molecule has 4 nitrogen and oxygen atoms in total. The summed E-state index contributed by atoms with van der Waals surface area (Å²) in [7, 11) is 0. The molecule has 1 saturated heterocycles. The van der Waals surface area contributed by atoms with Crippen LogP contribution >= 0.6 is 11.6 Å². The number of halogens is 1. The first-order valence-electron chi connectivity index (χ1n) is 5.81. The minimum Gasteiger partial charge on any atom is -0.481 e. The number of aliphatic carboxylic acids is 1. The van der Waals surface area contributed by atoms with Crippen LogP contribution in [0.2, 0.25) is 5.02 Å². The van der Waals surface area contributed by atoms with Gasteiger partial charge < -0.3 is 14.9 Å². The lowest BCUT2D eigenvalue weighted by Crippen LogP contribution is -2.47. The van der Waals surface area contributed by atoms with Crippen LogP contribution in [0.1, 0.15) is 24.3 Å². The number of hydrogen-bond acceptors (Lipinski definition) is 3. The van der Waals surface area contributed by atoms with Crippen molar-refractivity contribution in [3.8, 4) is 0 Å². The topological polar surface area (TPSA) is 66.8 Å². The average molecular weight is 271 g/mol. The van der Waals surface area contributed by atoms with Crippen molar-refractivity contribution in [2.45, 2.75) is 24.4 Å². The summed E-state index contributed by atoms with van der Waals surface area (Å²) in [6.45, 7) is 0.598. The van der Waals surface area contributed by atoms with Crippen LogP contribution in [0.25, 0.3) is 0 Å². The summed E-state index contributed by atoms with van der Waals surface area (Å²) in [5.41, 5.74) is -0.864. The molecule has 0 spiro atoms. The fraction of sp³-hybridized carbons (Fsp3) is 0.462. The zero-order valence-corrected chi connectivity index (χ0v) is 10.6. The van der Waals surface area contributed by atoms with Crippen LogP contribution in [0, 0.1) is 0 Å². The Morgan fingerprint density at radius 2 is 2.28 bits per heavy atom. The second kappa shape index (κ2) is 5.26. The molecular formula is C13H15ClO4. The fourth-order valence-electron chi connectivity index (χ4n) is 2.40. The van der Waals surface area contributed by atoms with Gasteiger partial charge in [-0.2, -0.15) is 0 Å². The molecule has 1 heterocycles. The van der Waals surface area contributed by atoms with Crippen molar-refractivity contribution in [3.05, 3.63) is 34.9 Å². The summed E-state index contributed by atoms with van der Waals surface area (Å²) in [6, 6.07) is 6.59. The highest BCUT2D eigenvalue weighted by Gasteiger charge is 2.44. The zero-order valence-electron chi connectivity index (χ0n) is 9.80. The molecule has 5 heteroatoms. The smallest absolute Gasteiger partial charge is 0.314 e. The molecule has 1 aromatic rings. The van der Waals surface area contributed by atoms with Crippen LogP contribution in [0.3, 0.4) is 0 Å². The molecular weight excluding hydrogens is 256 g/mol. The van der Waals surface area contributed by atoms with E-state index in [-0.39, 0.29) is 6.61 Å². The van der Waals surface area contributed by atoms with Crippen LogP contribution in [0.15, 0.2) is 24.3 Å². The molecule has 18 heavy (non-hydrogen) atoms. The summed E-state index contributed by atoms with van der Waals surface area (Å²) >= 11 is 5.87. The van der Waals surface area contributed by atoms with Gasteiger partial charge in [0.05, 0.1) is 6.61 Å². The van der Waals surface area contributed by atoms with Gasteiger partial charge in [-0.15, -0.1) is 0 Å². The highest BCUT2D eigenvalue weighted by Crippen LogP contribution is 2.35. The lowest BCUT2D eigenvalue weighted by molar-refractivity contribution is -0.155. The quantitative estimate of drug-likeness (QED) is 0.882. The number of hydrogen-bond donors (Lipinski definition) is 2. The Morgan fingerprint density at radius 3 is 2.83 bits per heavy atom. The zero-order chi connectivity index (χ0) is 13.2. The molecule has 0 aromatic heterocycles. The van der Waals surface area contributed by atoms with Gasteiger partial charge in [-0.25, -0.2) is 0 Å². The summed E-state index contributed by atoms with van der Waals surface area (Å²) in [5, 5.41) is 20.3. The lowest BCUT2D eigenvalue weighted by Gasteiger charge is -2.36. The highest BCUT2D eigenvalue weighted by atomic mass is 35.5. The van der Waals surface area contributed by atoms with Crippen molar-refractivity contribution in [1.29, 1.82) is 0 Å². The predicted molar refractivity (Wildman–Crippen MR) is 66.8 cm³/mol. The second-order valence-corrected chi connectivity index (χ2v) is 5.02. The van der Waals surface area contributed by atoms with Gasteiger partial charge in [0.25, 0.3) is 0 Å². The summed E-state index contributed by atoms with van der Waals surface area (Å²) in [6.07, 6.45) is 1.07. The van der Waals surface area contributed by atoms with E-state index in [9.17, 15) is 15.0 Å². The molecule has 1 aliphatic rings. The maximum Gasteiger partial charge on any atom is 0.314 e. The number of benzene rings is 1. The Labute approximate surface area is 110 Å². The maximum atomic E-state index is 11.5. The van der Waals surface area contributed by atoms with Gasteiger partial charge in [-0.3, -0.25) is 4.79 Å². The van der Waals surface area contributed by atoms with Gasteiger partial charge in [0, 0.05) is 11.6 Å². The van der Waals surface area contributed by atoms with E-state index in [1.807, 2.05) is 0 Å². The van der Waals surface area contributed by atoms with Gasteiger partial charge >= 0.3 is 5.97 Å². The molecule has 1 aliphatic heterocycles. The van der Waals surface area contributed by atoms with E-state index in [2.05, 4.69) is 0 Å². The summed E-state index contributed by atoms with van der Waals surface area (Å²) in [5.74, 6) is -2.08. The first-order valence-corrected chi connectivity index (χ1v) is 6.19. The molecule has 1 aromatic carbocycles. The van der Waals surface area contributed by atoms with E-state index in [0.29, 0.717) is 30.0 Å². The fourth-order valence-corrected chi connectivity index (χ4v) is 2.60. The highest BCUT2D eigenvalue weighted by molar-refractivity contribution is 6.30. The number of aliphatic hydroxyl groups is 1. The molecule has 0 saturated carbocycles. The van der Waals surface area contributed by atoms with Crippen LogP contribution in [-0.2, 0) is 9.53 Å². The normalized spacial score (nSPS) is 25.7. The van der Waals surface area contributed by atoms with Crippen LogP contribution in [0.5, 0.6) is 0 Å². The standard InChI is InChI=1S/C13H15ClO4/c14-10-4-1-3-9(7-10)11(12(15)16)13(17)5-2-6-18-8-13/h1,3-4,7,11,17H,2,5-6,8H2,(H,15,16). The third-order valence-corrected chi connectivity index (χ3v) is 3.45. The van der Waals surface area contributed by atoms with Gasteiger partial charge in [-0.05, 0) is 30.5 Å². The summed E-state index contributed by atoms with van der Waals surface area (Å²) < 4.78 is 5.22. The van der Waals surface area contributed by atoms with E-state index in [1.54, 1.807) is 24.3 Å². The van der Waals surface area contributed by atoms with Crippen LogP contribution < -0.4 is 0 Å². The van der Waals surface area contributed by atoms with E-state index in [0.717, 1.165) is 0 Å². The first kappa shape index (κ1) is 13.3. The van der Waals surface area contributed by atoms with Crippen molar-refractivity contribution in [1.82, 2.24) is 0 Å². The molecule has 0 aliphatic carbocycles. The van der Waals surface area contributed by atoms with Crippen molar-refractivity contribution in [3.63, 3.8) is 0 Å². The van der Waals surface area contributed by atoms with E-state index >= 15 is 0 Å². The predicted octanol–water partition coefficient (Wildman–Crippen LogP) is 2.05. The molecule has 2 atom stereocenters. The molecule has 1 fully saturated rings. The molecule has 0 bridgehead atoms. The molecule has 2 rings (SSSR count). The van der Waals surface area contributed by atoms with E-state index < -0.39 is 17.5 Å². The first-order chi connectivity index (χ1) is 8.53. The Morgan fingerprint density at radius 1 is 1.50 bits per heavy atom. The number of rotatable bonds is 3. The monoisotopic (exact) mass is 270 g/mol. The Kier molecular flexibility index (Phi) is 3.90. The Balaban J connectivity index is 2.36. The minimum atomic E-state index is -1.37. The Hall–Kier alpha value is -1.10. The molecule has 0 radical (unpaired) electrons. The molecule has 0 amide bonds. The van der Waals surface area contributed by atoms with Crippen molar-refractivity contribution >= 4 is 17.6 Å². The number of carboxylic acids is 1. The van der Waals surface area contributed by atoms with Crippen molar-refractivity contribution in [2.75, 3.05) is 13.2 Å². The number of carboxylic acid groups (broad SMARTS) is 1. The van der Waals surface area contributed by atoms with E-state index in [1.165, 1.54) is 0 Å². The SMILES string of the molecule is O=C(O)C(c1cccc(Cl)c1)C1(O)CCCOC1. The van der Waals surface area contributed by atoms with E-state index in [4.69, 9.17) is 16.3 Å². The minimum absolute atomic E-state index is 0.0382. The van der Waals surface area contributed by atoms with Gasteiger partial charge in [0.2, 0.25) is 0 Å². The average Bonchev–Trinajstić information content (AvgIpc) is 2.29. The molecule has 2 N–H and O–H groups in total. The largest absolute Gasteiger partial charge is 0.481 e. The molecule has 98 valence electrons. The summed E-state index contributed by atoms with van der Waals surface area (Å²) in [4.78, 5) is 11.5. The van der Waals surface area contributed by atoms with Gasteiger partial charge in [0.15, 0.2) is 0 Å². The molecule has 2 unspecified atom stereocenters. The lowest BCUT2D eigenvalue weighted by atomic mass is 9.78. The second-order valence-electron chi connectivity index (χ2n) is 4.59. The third kappa shape index (κ3) is 2.66. The van der Waals surface area contributed by atoms with Crippen LogP contribution in [-0.4, -0.2) is 35.0 Å². The van der Waals surface area contributed by atoms with Crippen molar-refractivity contribution < 1.29 is 19.7 Å². The Bertz CT molecular complexity index is 440. The maximum absolute atomic E-state index is 11.5. The van der Waals surface area contributed by atoms with Crippen molar-refractivity contribution in [2.24, 2.45) is 0 Å². The number of carbonyl (C=O) groups is 1. The van der Waals surface area contributed by atoms with Gasteiger partial charge in [0.1, 0.15) is 11.5 Å². The van der Waals surface area contributed by atoms with Crippen LogP contribution in [0.4, 0.5) is 0 Å². The third-order valence-electron chi connectivity index (χ3n) is 3.22. The van der Waals surface area contributed by atoms with Gasteiger partial charge in [-0.1, -0.05) is 23.7 Å². The number of ether oxygens (including phenoxy) is 1.